The van der Waals surface area contributed by atoms with E-state index >= 15 is 0 Å². The smallest absolute Gasteiger partial charge is 0.398 e. The molecule has 1 aliphatic rings. The number of aryl methyl sites for hydroxylation is 1. The van der Waals surface area contributed by atoms with Crippen molar-refractivity contribution in [3.8, 4) is 0 Å². The average Bonchev–Trinajstić information content (AvgIpc) is 2.52. The van der Waals surface area contributed by atoms with Gasteiger partial charge in [0.15, 0.2) is 0 Å². The highest BCUT2D eigenvalue weighted by atomic mass is 16.7. The van der Waals surface area contributed by atoms with Gasteiger partial charge in [-0.1, -0.05) is 0 Å². The molecule has 0 aliphatic carbocycles. The summed E-state index contributed by atoms with van der Waals surface area (Å²) in [6, 6.07) is 0. The summed E-state index contributed by atoms with van der Waals surface area (Å²) in [7, 11) is 1.38. The first kappa shape index (κ1) is 11.5. The van der Waals surface area contributed by atoms with Crippen molar-refractivity contribution >= 4 is 18.4 Å². The first-order chi connectivity index (χ1) is 7.24. The summed E-state index contributed by atoms with van der Waals surface area (Å²) in [6.07, 6.45) is 1.61. The number of rotatable bonds is 1. The maximum absolute atomic E-state index is 5.91. The molecule has 0 spiro atoms. The standard InChI is InChI=1S/C10H18BN3O2/c1-9(2)10(3,4)16-11(15-9)8-7(12)6-13-14(8)5/h6H,12H2,1-5H3. The normalized spacial score (nSPS) is 22.7. The molecule has 1 aromatic heterocycles. The Hall–Kier alpha value is -1.01. The van der Waals surface area contributed by atoms with Gasteiger partial charge in [-0.05, 0) is 27.7 Å². The van der Waals surface area contributed by atoms with Crippen LogP contribution >= 0.6 is 0 Å². The van der Waals surface area contributed by atoms with Gasteiger partial charge in [0.25, 0.3) is 0 Å². The first-order valence-corrected chi connectivity index (χ1v) is 5.37. The largest absolute Gasteiger partial charge is 0.516 e. The monoisotopic (exact) mass is 223 g/mol. The van der Waals surface area contributed by atoms with E-state index in [1.54, 1.807) is 10.9 Å². The van der Waals surface area contributed by atoms with E-state index in [0.717, 1.165) is 5.59 Å². The Labute approximate surface area is 96.0 Å². The van der Waals surface area contributed by atoms with Gasteiger partial charge in [0.1, 0.15) is 0 Å². The van der Waals surface area contributed by atoms with E-state index in [-0.39, 0.29) is 11.2 Å². The van der Waals surface area contributed by atoms with Crippen molar-refractivity contribution in [3.63, 3.8) is 0 Å². The van der Waals surface area contributed by atoms with E-state index in [2.05, 4.69) is 5.10 Å². The van der Waals surface area contributed by atoms with Crippen LogP contribution in [0.5, 0.6) is 0 Å². The number of nitrogens with zero attached hydrogens (tertiary/aromatic N) is 2. The third kappa shape index (κ3) is 1.53. The quantitative estimate of drug-likeness (QED) is 0.695. The molecule has 0 unspecified atom stereocenters. The minimum atomic E-state index is -0.447. The van der Waals surface area contributed by atoms with Crippen molar-refractivity contribution in [2.24, 2.45) is 7.05 Å². The Morgan fingerprint density at radius 3 is 2.12 bits per heavy atom. The van der Waals surface area contributed by atoms with E-state index in [1.165, 1.54) is 0 Å². The Balaban J connectivity index is 2.34. The van der Waals surface area contributed by atoms with Crippen molar-refractivity contribution in [1.82, 2.24) is 9.78 Å². The molecular weight excluding hydrogens is 205 g/mol. The third-order valence-electron chi connectivity index (χ3n) is 3.49. The lowest BCUT2D eigenvalue weighted by Gasteiger charge is -2.32. The summed E-state index contributed by atoms with van der Waals surface area (Å²) >= 11 is 0. The minimum Gasteiger partial charge on any atom is -0.398 e. The van der Waals surface area contributed by atoms with Crippen molar-refractivity contribution in [3.05, 3.63) is 6.20 Å². The van der Waals surface area contributed by atoms with E-state index in [0.29, 0.717) is 5.69 Å². The highest BCUT2D eigenvalue weighted by Crippen LogP contribution is 2.36. The van der Waals surface area contributed by atoms with Crippen LogP contribution in [0, 0.1) is 0 Å². The zero-order valence-corrected chi connectivity index (χ0v) is 10.4. The van der Waals surface area contributed by atoms with Crippen molar-refractivity contribution in [1.29, 1.82) is 0 Å². The van der Waals surface area contributed by atoms with Crippen LogP contribution in [0.25, 0.3) is 0 Å². The lowest BCUT2D eigenvalue weighted by molar-refractivity contribution is 0.00578. The van der Waals surface area contributed by atoms with E-state index < -0.39 is 7.12 Å². The molecule has 0 atom stereocenters. The topological polar surface area (TPSA) is 62.3 Å². The molecule has 0 aromatic carbocycles. The number of hydrogen-bond donors (Lipinski definition) is 1. The number of nitrogen functional groups attached to an aromatic ring is 1. The summed E-state index contributed by atoms with van der Waals surface area (Å²) in [5.41, 5.74) is 6.52. The molecule has 1 fully saturated rings. The van der Waals surface area contributed by atoms with Crippen LogP contribution in [0.15, 0.2) is 6.20 Å². The van der Waals surface area contributed by atoms with Crippen molar-refractivity contribution in [2.75, 3.05) is 5.73 Å². The van der Waals surface area contributed by atoms with Gasteiger partial charge in [0, 0.05) is 7.05 Å². The molecule has 0 bridgehead atoms. The predicted molar refractivity (Wildman–Crippen MR) is 63.3 cm³/mol. The van der Waals surface area contributed by atoms with Gasteiger partial charge < -0.3 is 15.0 Å². The predicted octanol–water partition coefficient (Wildman–Crippen LogP) is 0.301. The Morgan fingerprint density at radius 2 is 1.75 bits per heavy atom. The van der Waals surface area contributed by atoms with Gasteiger partial charge in [0.05, 0.1) is 28.7 Å². The second kappa shape index (κ2) is 3.24. The average molecular weight is 223 g/mol. The zero-order valence-electron chi connectivity index (χ0n) is 10.4. The molecule has 6 heteroatoms. The van der Waals surface area contributed by atoms with E-state index in [1.807, 2.05) is 34.7 Å². The number of nitrogens with two attached hydrogens (primary N) is 1. The summed E-state index contributed by atoms with van der Waals surface area (Å²) in [4.78, 5) is 0. The number of anilines is 1. The van der Waals surface area contributed by atoms with E-state index in [4.69, 9.17) is 15.0 Å². The molecule has 2 heterocycles. The Kier molecular flexibility index (Phi) is 2.33. The van der Waals surface area contributed by atoms with Crippen LogP contribution < -0.4 is 11.3 Å². The zero-order chi connectivity index (χ0) is 12.1. The molecule has 0 radical (unpaired) electrons. The first-order valence-electron chi connectivity index (χ1n) is 5.37. The SMILES string of the molecule is Cn1ncc(N)c1B1OC(C)(C)C(C)(C)O1. The summed E-state index contributed by atoms with van der Waals surface area (Å²) in [6.45, 7) is 8.05. The van der Waals surface area contributed by atoms with Gasteiger partial charge in [0.2, 0.25) is 0 Å². The van der Waals surface area contributed by atoms with Gasteiger partial charge >= 0.3 is 7.12 Å². The van der Waals surface area contributed by atoms with Crippen LogP contribution in [0.1, 0.15) is 27.7 Å². The molecule has 5 nitrogen and oxygen atoms in total. The van der Waals surface area contributed by atoms with Gasteiger partial charge in [-0.25, -0.2) is 0 Å². The molecule has 1 aromatic rings. The van der Waals surface area contributed by atoms with Crippen LogP contribution in [0.2, 0.25) is 0 Å². The number of aromatic nitrogens is 2. The molecule has 88 valence electrons. The molecule has 2 N–H and O–H groups in total. The van der Waals surface area contributed by atoms with Crippen LogP contribution in [-0.2, 0) is 16.4 Å². The fourth-order valence-electron chi connectivity index (χ4n) is 1.71. The second-order valence-electron chi connectivity index (χ2n) is 5.20. The lowest BCUT2D eigenvalue weighted by Crippen LogP contribution is -2.41. The Morgan fingerprint density at radius 1 is 1.25 bits per heavy atom. The molecule has 1 aliphatic heterocycles. The van der Waals surface area contributed by atoms with Gasteiger partial charge in [-0.15, -0.1) is 0 Å². The molecule has 16 heavy (non-hydrogen) atoms. The van der Waals surface area contributed by atoms with Gasteiger partial charge in [-0.3, -0.25) is 4.68 Å². The van der Waals surface area contributed by atoms with Crippen molar-refractivity contribution < 1.29 is 9.31 Å². The summed E-state index contributed by atoms with van der Waals surface area (Å²) in [5, 5.41) is 4.09. The van der Waals surface area contributed by atoms with Crippen LogP contribution in [-0.4, -0.2) is 28.1 Å². The third-order valence-corrected chi connectivity index (χ3v) is 3.49. The van der Waals surface area contributed by atoms with E-state index in [9.17, 15) is 0 Å². The Bertz CT molecular complexity index is 379. The fourth-order valence-corrected chi connectivity index (χ4v) is 1.71. The molecule has 0 saturated carbocycles. The highest BCUT2D eigenvalue weighted by Gasteiger charge is 2.53. The molecule has 1 saturated heterocycles. The summed E-state index contributed by atoms with van der Waals surface area (Å²) < 4.78 is 13.5. The minimum absolute atomic E-state index is 0.353. The summed E-state index contributed by atoms with van der Waals surface area (Å²) in [5.74, 6) is 0. The van der Waals surface area contributed by atoms with Gasteiger partial charge in [-0.2, -0.15) is 5.10 Å². The second-order valence-corrected chi connectivity index (χ2v) is 5.20. The maximum atomic E-state index is 5.91. The molecule has 0 amide bonds. The van der Waals surface area contributed by atoms with Crippen LogP contribution in [0.4, 0.5) is 5.69 Å². The lowest BCUT2D eigenvalue weighted by atomic mass is 9.83. The molecule has 2 rings (SSSR count). The number of hydrogen-bond acceptors (Lipinski definition) is 4. The maximum Gasteiger partial charge on any atom is 0.516 e. The highest BCUT2D eigenvalue weighted by molar-refractivity contribution is 6.63. The molecular formula is C10H18BN3O2. The fraction of sp³-hybridized carbons (Fsp3) is 0.700. The van der Waals surface area contributed by atoms with Crippen molar-refractivity contribution in [2.45, 2.75) is 38.9 Å². The van der Waals surface area contributed by atoms with Crippen LogP contribution in [0.3, 0.4) is 0 Å².